The van der Waals surface area contributed by atoms with Gasteiger partial charge >= 0.3 is 6.03 Å². The molecule has 0 fully saturated rings. The first-order valence-corrected chi connectivity index (χ1v) is 6.14. The normalized spacial score (nSPS) is 10.8. The predicted octanol–water partition coefficient (Wildman–Crippen LogP) is 0.619. The van der Waals surface area contributed by atoms with Gasteiger partial charge in [0.1, 0.15) is 0 Å². The van der Waals surface area contributed by atoms with Gasteiger partial charge < -0.3 is 16.4 Å². The number of nitrogens with zero attached hydrogens (tertiary/aromatic N) is 3. The molecule has 0 aliphatic carbocycles. The van der Waals surface area contributed by atoms with Crippen LogP contribution in [-0.4, -0.2) is 33.2 Å². The maximum atomic E-state index is 11.5. The van der Waals surface area contributed by atoms with Crippen LogP contribution in [0.3, 0.4) is 0 Å². The summed E-state index contributed by atoms with van der Waals surface area (Å²) in [5.41, 5.74) is 6.18. The highest BCUT2D eigenvalue weighted by molar-refractivity contribution is 5.95. The third-order valence-electron chi connectivity index (χ3n) is 2.63. The number of nitrogens with two attached hydrogens (primary N) is 1. The first kappa shape index (κ1) is 13.8. The van der Waals surface area contributed by atoms with Crippen molar-refractivity contribution in [3.05, 3.63) is 18.5 Å². The SMILES string of the molecule is CC(C)n1ncc2cc(NC(=O)CNC(N)=O)cnc21. The van der Waals surface area contributed by atoms with Crippen LogP contribution in [0.5, 0.6) is 0 Å². The van der Waals surface area contributed by atoms with Gasteiger partial charge in [0, 0.05) is 11.4 Å². The molecule has 2 rings (SSSR count). The van der Waals surface area contributed by atoms with E-state index < -0.39 is 6.03 Å². The number of fused-ring (bicyclic) bond motifs is 1. The Morgan fingerprint density at radius 2 is 2.15 bits per heavy atom. The summed E-state index contributed by atoms with van der Waals surface area (Å²) >= 11 is 0. The van der Waals surface area contributed by atoms with Gasteiger partial charge in [-0.3, -0.25) is 4.79 Å². The minimum atomic E-state index is -0.744. The summed E-state index contributed by atoms with van der Waals surface area (Å²) in [6.07, 6.45) is 3.24. The fourth-order valence-corrected chi connectivity index (χ4v) is 1.76. The van der Waals surface area contributed by atoms with Gasteiger partial charge in [-0.1, -0.05) is 0 Å². The van der Waals surface area contributed by atoms with Crippen LogP contribution in [0.15, 0.2) is 18.5 Å². The Balaban J connectivity index is 2.12. The van der Waals surface area contributed by atoms with Crippen LogP contribution in [0.25, 0.3) is 11.0 Å². The van der Waals surface area contributed by atoms with Crippen molar-refractivity contribution in [2.24, 2.45) is 5.73 Å². The topological polar surface area (TPSA) is 115 Å². The lowest BCUT2D eigenvalue weighted by Gasteiger charge is -2.07. The summed E-state index contributed by atoms with van der Waals surface area (Å²) in [5, 5.41) is 9.91. The van der Waals surface area contributed by atoms with Crippen molar-refractivity contribution in [1.29, 1.82) is 0 Å². The predicted molar refractivity (Wildman–Crippen MR) is 74.1 cm³/mol. The molecule has 3 amide bonds. The molecule has 0 radical (unpaired) electrons. The van der Waals surface area contributed by atoms with E-state index in [9.17, 15) is 9.59 Å². The number of carbonyl (C=O) groups is 2. The van der Waals surface area contributed by atoms with Crippen LogP contribution in [0.2, 0.25) is 0 Å². The fourth-order valence-electron chi connectivity index (χ4n) is 1.76. The minimum Gasteiger partial charge on any atom is -0.352 e. The molecule has 0 spiro atoms. The van der Waals surface area contributed by atoms with Gasteiger partial charge in [0.05, 0.1) is 24.6 Å². The first-order chi connectivity index (χ1) is 9.47. The first-order valence-electron chi connectivity index (χ1n) is 6.14. The van der Waals surface area contributed by atoms with Crippen LogP contribution in [0.4, 0.5) is 10.5 Å². The number of hydrogen-bond donors (Lipinski definition) is 3. The quantitative estimate of drug-likeness (QED) is 0.759. The molecule has 0 atom stereocenters. The molecular weight excluding hydrogens is 260 g/mol. The highest BCUT2D eigenvalue weighted by Gasteiger charge is 2.09. The van der Waals surface area contributed by atoms with Crippen LogP contribution < -0.4 is 16.4 Å². The third-order valence-corrected chi connectivity index (χ3v) is 2.63. The number of carbonyl (C=O) groups excluding carboxylic acids is 2. The molecule has 0 saturated heterocycles. The molecule has 8 nitrogen and oxygen atoms in total. The number of rotatable bonds is 4. The average Bonchev–Trinajstić information content (AvgIpc) is 2.79. The molecule has 0 aliphatic rings. The molecular formula is C12H16N6O2. The Morgan fingerprint density at radius 1 is 1.40 bits per heavy atom. The molecule has 2 heterocycles. The van der Waals surface area contributed by atoms with E-state index in [-0.39, 0.29) is 18.5 Å². The number of anilines is 1. The molecule has 0 bridgehead atoms. The van der Waals surface area contributed by atoms with Crippen molar-refractivity contribution in [3.63, 3.8) is 0 Å². The second-order valence-electron chi connectivity index (χ2n) is 4.59. The summed E-state index contributed by atoms with van der Waals surface area (Å²) in [6.45, 7) is 3.84. The minimum absolute atomic E-state index is 0.182. The molecule has 20 heavy (non-hydrogen) atoms. The molecule has 4 N–H and O–H groups in total. The maximum Gasteiger partial charge on any atom is 0.312 e. The summed E-state index contributed by atoms with van der Waals surface area (Å²) in [7, 11) is 0. The highest BCUT2D eigenvalue weighted by Crippen LogP contribution is 2.18. The van der Waals surface area contributed by atoms with Gasteiger partial charge in [-0.25, -0.2) is 14.5 Å². The van der Waals surface area contributed by atoms with E-state index in [4.69, 9.17) is 5.73 Å². The summed E-state index contributed by atoms with van der Waals surface area (Å²) in [5.74, 6) is -0.374. The van der Waals surface area contributed by atoms with Gasteiger partial charge in [0.2, 0.25) is 5.91 Å². The number of pyridine rings is 1. The zero-order valence-corrected chi connectivity index (χ0v) is 11.3. The van der Waals surface area contributed by atoms with Gasteiger partial charge in [-0.15, -0.1) is 0 Å². The van der Waals surface area contributed by atoms with Crippen molar-refractivity contribution in [2.75, 3.05) is 11.9 Å². The molecule has 0 unspecified atom stereocenters. The largest absolute Gasteiger partial charge is 0.352 e. The Hall–Kier alpha value is -2.64. The van der Waals surface area contributed by atoms with Gasteiger partial charge in [0.25, 0.3) is 0 Å². The average molecular weight is 276 g/mol. The molecule has 106 valence electrons. The Bertz CT molecular complexity index is 648. The Morgan fingerprint density at radius 3 is 2.80 bits per heavy atom. The van der Waals surface area contributed by atoms with Gasteiger partial charge in [-0.05, 0) is 19.9 Å². The highest BCUT2D eigenvalue weighted by atomic mass is 16.2. The van der Waals surface area contributed by atoms with Crippen LogP contribution in [0, 0.1) is 0 Å². The monoisotopic (exact) mass is 276 g/mol. The number of urea groups is 1. The fraction of sp³-hybridized carbons (Fsp3) is 0.333. The maximum absolute atomic E-state index is 11.5. The summed E-state index contributed by atoms with van der Waals surface area (Å²) < 4.78 is 1.80. The zero-order valence-electron chi connectivity index (χ0n) is 11.3. The number of aromatic nitrogens is 3. The second-order valence-corrected chi connectivity index (χ2v) is 4.59. The van der Waals surface area contributed by atoms with E-state index in [1.807, 2.05) is 13.8 Å². The van der Waals surface area contributed by atoms with E-state index in [2.05, 4.69) is 20.7 Å². The lowest BCUT2D eigenvalue weighted by molar-refractivity contribution is -0.115. The van der Waals surface area contributed by atoms with Gasteiger partial charge in [-0.2, -0.15) is 5.10 Å². The second kappa shape index (κ2) is 5.55. The number of amides is 3. The van der Waals surface area contributed by atoms with Crippen molar-refractivity contribution in [3.8, 4) is 0 Å². The number of nitrogens with one attached hydrogen (secondary N) is 2. The lowest BCUT2D eigenvalue weighted by atomic mass is 10.3. The Kier molecular flexibility index (Phi) is 3.83. The van der Waals surface area contributed by atoms with E-state index in [1.54, 1.807) is 23.1 Å². The van der Waals surface area contributed by atoms with Crippen molar-refractivity contribution in [1.82, 2.24) is 20.1 Å². The van der Waals surface area contributed by atoms with Gasteiger partial charge in [0.15, 0.2) is 5.65 Å². The molecule has 2 aromatic heterocycles. The Labute approximate surface area is 115 Å². The number of hydrogen-bond acceptors (Lipinski definition) is 4. The summed E-state index contributed by atoms with van der Waals surface area (Å²) in [6, 6.07) is 1.24. The molecule has 0 aromatic carbocycles. The molecule has 0 aliphatic heterocycles. The van der Waals surface area contributed by atoms with E-state index in [0.717, 1.165) is 11.0 Å². The number of primary amides is 1. The van der Waals surface area contributed by atoms with Crippen molar-refractivity contribution < 1.29 is 9.59 Å². The van der Waals surface area contributed by atoms with Crippen LogP contribution >= 0.6 is 0 Å². The van der Waals surface area contributed by atoms with Crippen LogP contribution in [0.1, 0.15) is 19.9 Å². The summed E-state index contributed by atoms with van der Waals surface area (Å²) in [4.78, 5) is 26.3. The lowest BCUT2D eigenvalue weighted by Crippen LogP contribution is -2.36. The molecule has 8 heteroatoms. The van der Waals surface area contributed by atoms with Crippen LogP contribution in [-0.2, 0) is 4.79 Å². The van der Waals surface area contributed by atoms with E-state index in [1.165, 1.54) is 0 Å². The third kappa shape index (κ3) is 3.02. The van der Waals surface area contributed by atoms with Crippen molar-refractivity contribution >= 4 is 28.7 Å². The molecule has 0 saturated carbocycles. The zero-order chi connectivity index (χ0) is 14.7. The standard InChI is InChI=1S/C12H16N6O2/c1-7(2)18-11-8(4-16-18)3-9(5-14-11)17-10(19)6-15-12(13)20/h3-5,7H,6H2,1-2H3,(H,17,19)(H3,13,15,20). The smallest absolute Gasteiger partial charge is 0.312 e. The molecule has 2 aromatic rings. The van der Waals surface area contributed by atoms with Crippen molar-refractivity contribution in [2.45, 2.75) is 19.9 Å². The van der Waals surface area contributed by atoms with E-state index >= 15 is 0 Å². The van der Waals surface area contributed by atoms with E-state index in [0.29, 0.717) is 5.69 Å².